The quantitative estimate of drug-likeness (QED) is 0.196. The van der Waals surface area contributed by atoms with Crippen LogP contribution in [0.25, 0.3) is 64.0 Å². The number of aromatic nitrogens is 1. The van der Waals surface area contributed by atoms with E-state index >= 15 is 0 Å². The van der Waals surface area contributed by atoms with Crippen LogP contribution in [0.3, 0.4) is 0 Å². The summed E-state index contributed by atoms with van der Waals surface area (Å²) >= 11 is 1.90. The average Bonchev–Trinajstić information content (AvgIpc) is 3.95. The molecule has 3 nitrogen and oxygen atoms in total. The first-order valence-corrected chi connectivity index (χ1v) is 19.9. The van der Waals surface area contributed by atoms with Crippen LogP contribution in [0.4, 0.5) is 5.69 Å². The maximum absolute atomic E-state index is 6.93. The third-order valence-electron chi connectivity index (χ3n) is 11.8. The van der Waals surface area contributed by atoms with Crippen LogP contribution in [-0.2, 0) is 6.42 Å². The number of hydrogen-bond acceptors (Lipinski definition) is 3. The van der Waals surface area contributed by atoms with Gasteiger partial charge in [-0.05, 0) is 70.0 Å². The number of ether oxygens (including phenoxy) is 1. The SMILES string of the molecule is C1=C(c2ccccc2)c2ccccc2CC1c1cc2c(c3c1sc1ccccc13)NC(c1ccc(-n3c4ccccc4c4ccc5ccccc5c43)cc1)O2. The third kappa shape index (κ3) is 4.68. The molecule has 0 fully saturated rings. The second kappa shape index (κ2) is 11.9. The van der Waals surface area contributed by atoms with Crippen molar-refractivity contribution in [2.24, 2.45) is 0 Å². The largest absolute Gasteiger partial charge is 0.464 e. The van der Waals surface area contributed by atoms with Gasteiger partial charge in [0.15, 0.2) is 6.23 Å². The Labute approximate surface area is 322 Å². The van der Waals surface area contributed by atoms with Crippen LogP contribution in [0.5, 0.6) is 5.75 Å². The summed E-state index contributed by atoms with van der Waals surface area (Å²) in [6.45, 7) is 0. The number of nitrogens with one attached hydrogen (secondary N) is 1. The minimum atomic E-state index is -0.303. The zero-order valence-corrected chi connectivity index (χ0v) is 30.7. The van der Waals surface area contributed by atoms with E-state index in [0.717, 1.165) is 29.1 Å². The van der Waals surface area contributed by atoms with Gasteiger partial charge >= 0.3 is 0 Å². The molecule has 4 heteroatoms. The number of hydrogen-bond donors (Lipinski definition) is 1. The highest BCUT2D eigenvalue weighted by Gasteiger charge is 2.32. The molecule has 2 unspecified atom stereocenters. The lowest BCUT2D eigenvalue weighted by atomic mass is 9.79. The number of anilines is 1. The van der Waals surface area contributed by atoms with Gasteiger partial charge in [0.1, 0.15) is 5.75 Å². The molecule has 0 saturated carbocycles. The lowest BCUT2D eigenvalue weighted by Crippen LogP contribution is -2.10. The van der Waals surface area contributed by atoms with Crippen molar-refractivity contribution >= 4 is 75.3 Å². The smallest absolute Gasteiger partial charge is 0.196 e. The fraction of sp³-hybridized carbons (Fsp3) is 0.0588. The van der Waals surface area contributed by atoms with Gasteiger partial charge in [0, 0.05) is 53.5 Å². The summed E-state index contributed by atoms with van der Waals surface area (Å²) < 4.78 is 12.0. The molecule has 1 aliphatic heterocycles. The minimum absolute atomic E-state index is 0.204. The molecule has 55 heavy (non-hydrogen) atoms. The van der Waals surface area contributed by atoms with E-state index in [4.69, 9.17) is 4.74 Å². The number of allylic oxidation sites excluding steroid dienone is 1. The lowest BCUT2D eigenvalue weighted by molar-refractivity contribution is 0.259. The van der Waals surface area contributed by atoms with Crippen molar-refractivity contribution in [1.29, 1.82) is 0 Å². The van der Waals surface area contributed by atoms with Crippen LogP contribution >= 0.6 is 11.3 Å². The Morgan fingerprint density at radius 1 is 0.636 bits per heavy atom. The van der Waals surface area contributed by atoms with Crippen molar-refractivity contribution in [3.05, 3.63) is 204 Å². The molecule has 0 bridgehead atoms. The Bertz CT molecular complexity index is 3190. The fourth-order valence-corrected chi connectivity index (χ4v) is 10.6. The highest BCUT2D eigenvalue weighted by atomic mass is 32.1. The van der Waals surface area contributed by atoms with Crippen LogP contribution in [0.1, 0.15) is 40.0 Å². The van der Waals surface area contributed by atoms with Crippen molar-refractivity contribution in [3.63, 3.8) is 0 Å². The molecule has 1 aliphatic carbocycles. The number of benzene rings is 8. The van der Waals surface area contributed by atoms with Crippen LogP contribution in [-0.4, -0.2) is 4.57 Å². The predicted molar refractivity (Wildman–Crippen MR) is 231 cm³/mol. The van der Waals surface area contributed by atoms with Gasteiger partial charge in [-0.25, -0.2) is 0 Å². The highest BCUT2D eigenvalue weighted by Crippen LogP contribution is 2.52. The van der Waals surface area contributed by atoms with Gasteiger partial charge in [0.2, 0.25) is 0 Å². The first kappa shape index (κ1) is 30.8. The summed E-state index contributed by atoms with van der Waals surface area (Å²) in [5.41, 5.74) is 12.4. The summed E-state index contributed by atoms with van der Waals surface area (Å²) in [7, 11) is 0. The zero-order valence-electron chi connectivity index (χ0n) is 29.9. The zero-order chi connectivity index (χ0) is 36.0. The molecule has 12 rings (SSSR count). The molecule has 10 aromatic rings. The van der Waals surface area contributed by atoms with Gasteiger partial charge in [-0.2, -0.15) is 0 Å². The van der Waals surface area contributed by atoms with Gasteiger partial charge in [-0.1, -0.05) is 146 Å². The molecule has 2 atom stereocenters. The van der Waals surface area contributed by atoms with Gasteiger partial charge in [-0.3, -0.25) is 0 Å². The second-order valence-corrected chi connectivity index (χ2v) is 15.9. The maximum Gasteiger partial charge on any atom is 0.196 e. The molecule has 2 aromatic heterocycles. The molecular weight excluding hydrogens is 689 g/mol. The first-order valence-electron chi connectivity index (χ1n) is 19.0. The van der Waals surface area contributed by atoms with E-state index in [1.807, 2.05) is 11.3 Å². The number of para-hydroxylation sites is 1. The van der Waals surface area contributed by atoms with E-state index in [2.05, 4.69) is 186 Å². The molecule has 0 amide bonds. The Balaban J connectivity index is 0.970. The normalized spacial score (nSPS) is 16.3. The summed E-state index contributed by atoms with van der Waals surface area (Å²) in [6.07, 6.45) is 3.15. The van der Waals surface area contributed by atoms with Crippen LogP contribution in [0.2, 0.25) is 0 Å². The van der Waals surface area contributed by atoms with Crippen molar-refractivity contribution in [1.82, 2.24) is 4.57 Å². The Hall–Kier alpha value is -6.62. The van der Waals surface area contributed by atoms with E-state index in [9.17, 15) is 0 Å². The Kier molecular flexibility index (Phi) is 6.69. The molecule has 8 aromatic carbocycles. The topological polar surface area (TPSA) is 26.2 Å². The van der Waals surface area contributed by atoms with Crippen molar-refractivity contribution in [3.8, 4) is 11.4 Å². The van der Waals surface area contributed by atoms with Crippen molar-refractivity contribution in [2.75, 3.05) is 5.32 Å². The average molecular weight is 723 g/mol. The van der Waals surface area contributed by atoms with Gasteiger partial charge in [0.25, 0.3) is 0 Å². The number of nitrogens with zero attached hydrogens (tertiary/aromatic N) is 1. The second-order valence-electron chi connectivity index (χ2n) is 14.8. The molecular formula is C51H34N2OS. The lowest BCUT2D eigenvalue weighted by Gasteiger charge is -2.26. The maximum atomic E-state index is 6.93. The molecule has 1 N–H and O–H groups in total. The van der Waals surface area contributed by atoms with E-state index in [1.165, 1.54) is 80.6 Å². The predicted octanol–water partition coefficient (Wildman–Crippen LogP) is 13.6. The number of thiophene rings is 1. The standard InChI is InChI=1S/C51H34N2OS/c1-2-12-31(13-3-1)42-29-35(28-34-15-5-6-16-37(34)42)43-30-45-48(47-41-19-9-11-21-46(41)55-50(43)47)52-51(54-45)33-22-25-36(26-23-33)53-44-20-10-8-18-39(44)40-27-24-32-14-4-7-17-38(32)49(40)53/h1-27,29-30,35,51-52H,28H2. The third-order valence-corrected chi connectivity index (χ3v) is 13.0. The summed E-state index contributed by atoms with van der Waals surface area (Å²) in [6, 6.07) is 61.8. The van der Waals surface area contributed by atoms with E-state index in [0.29, 0.717) is 0 Å². The Morgan fingerprint density at radius 3 is 2.27 bits per heavy atom. The van der Waals surface area contributed by atoms with Crippen molar-refractivity contribution < 1.29 is 4.74 Å². The van der Waals surface area contributed by atoms with E-state index in [1.54, 1.807) is 0 Å². The summed E-state index contributed by atoms with van der Waals surface area (Å²) in [5, 5.41) is 11.4. The Morgan fingerprint density at radius 2 is 1.38 bits per heavy atom. The van der Waals surface area contributed by atoms with E-state index < -0.39 is 0 Å². The molecule has 0 radical (unpaired) electrons. The number of rotatable bonds is 4. The van der Waals surface area contributed by atoms with E-state index in [-0.39, 0.29) is 12.1 Å². The van der Waals surface area contributed by atoms with Gasteiger partial charge in [0.05, 0.1) is 16.7 Å². The van der Waals surface area contributed by atoms with Crippen LogP contribution in [0, 0.1) is 0 Å². The molecule has 2 aliphatic rings. The molecule has 260 valence electrons. The monoisotopic (exact) mass is 722 g/mol. The van der Waals surface area contributed by atoms with Crippen LogP contribution in [0.15, 0.2) is 176 Å². The van der Waals surface area contributed by atoms with Gasteiger partial charge in [-0.15, -0.1) is 11.3 Å². The summed E-state index contributed by atoms with van der Waals surface area (Å²) in [5.74, 6) is 1.12. The summed E-state index contributed by atoms with van der Waals surface area (Å²) in [4.78, 5) is 0. The van der Waals surface area contributed by atoms with Gasteiger partial charge < -0.3 is 14.6 Å². The molecule has 0 saturated heterocycles. The highest BCUT2D eigenvalue weighted by molar-refractivity contribution is 7.26. The van der Waals surface area contributed by atoms with Crippen molar-refractivity contribution in [2.45, 2.75) is 18.6 Å². The fourth-order valence-electron chi connectivity index (χ4n) is 9.26. The first-order chi connectivity index (χ1) is 27.3. The molecule has 0 spiro atoms. The number of fused-ring (bicyclic) bond motifs is 11. The minimum Gasteiger partial charge on any atom is -0.464 e. The molecule has 3 heterocycles. The van der Waals surface area contributed by atoms with Crippen LogP contribution < -0.4 is 10.1 Å².